The minimum absolute atomic E-state index is 0.100. The summed E-state index contributed by atoms with van der Waals surface area (Å²) in [6.07, 6.45) is 2.28. The molecule has 7 heteroatoms. The lowest BCUT2D eigenvalue weighted by molar-refractivity contribution is -0.0817. The Bertz CT molecular complexity index is 554. The van der Waals surface area contributed by atoms with Gasteiger partial charge >= 0.3 is 0 Å². The van der Waals surface area contributed by atoms with E-state index in [9.17, 15) is 8.42 Å². The molecule has 2 unspecified atom stereocenters. The highest BCUT2D eigenvalue weighted by Crippen LogP contribution is 2.40. The molecule has 1 aromatic rings. The van der Waals surface area contributed by atoms with Crippen LogP contribution < -0.4 is 5.32 Å². The van der Waals surface area contributed by atoms with E-state index in [4.69, 9.17) is 4.74 Å². The second kappa shape index (κ2) is 4.04. The average molecular weight is 271 g/mol. The Morgan fingerprint density at radius 1 is 1.61 bits per heavy atom. The van der Waals surface area contributed by atoms with E-state index in [1.165, 1.54) is 0 Å². The van der Waals surface area contributed by atoms with Crippen molar-refractivity contribution in [2.75, 3.05) is 24.7 Å². The lowest BCUT2D eigenvalue weighted by Crippen LogP contribution is -2.53. The van der Waals surface area contributed by atoms with Crippen LogP contribution in [0.25, 0.3) is 0 Å². The molecule has 2 atom stereocenters. The predicted octanol–water partition coefficient (Wildman–Crippen LogP) is -0.362. The monoisotopic (exact) mass is 271 g/mol. The number of aryl methyl sites for hydroxylation is 1. The lowest BCUT2D eigenvalue weighted by atomic mass is 9.89. The first-order valence-electron chi connectivity index (χ1n) is 6.08. The first kappa shape index (κ1) is 12.1. The Kier molecular flexibility index (Phi) is 2.72. The van der Waals surface area contributed by atoms with Crippen LogP contribution in [0.2, 0.25) is 0 Å². The Morgan fingerprint density at radius 3 is 3.06 bits per heavy atom. The Labute approximate surface area is 106 Å². The zero-order valence-corrected chi connectivity index (χ0v) is 11.1. The molecule has 0 aliphatic carbocycles. The zero-order valence-electron chi connectivity index (χ0n) is 10.3. The van der Waals surface area contributed by atoms with Crippen molar-refractivity contribution in [2.24, 2.45) is 7.05 Å². The summed E-state index contributed by atoms with van der Waals surface area (Å²) in [4.78, 5) is 0. The Balaban J connectivity index is 1.99. The van der Waals surface area contributed by atoms with Gasteiger partial charge in [-0.25, -0.2) is 8.42 Å². The lowest BCUT2D eigenvalue weighted by Gasteiger charge is -2.41. The summed E-state index contributed by atoms with van der Waals surface area (Å²) < 4.78 is 31.2. The molecule has 18 heavy (non-hydrogen) atoms. The van der Waals surface area contributed by atoms with E-state index in [2.05, 4.69) is 10.4 Å². The summed E-state index contributed by atoms with van der Waals surface area (Å²) in [6, 6.07) is 1.81. The number of hydrogen-bond donors (Lipinski definition) is 1. The molecule has 2 aliphatic heterocycles. The standard InChI is InChI=1S/C11H17N3O3S/c1-14-9(2-4-13-14)10-11(17-6-5-12-10)3-7-18(15,16)8-11/h2,4,10,12H,3,5-8H2,1H3. The normalized spacial score (nSPS) is 35.1. The van der Waals surface area contributed by atoms with E-state index >= 15 is 0 Å². The van der Waals surface area contributed by atoms with E-state index in [-0.39, 0.29) is 17.5 Å². The van der Waals surface area contributed by atoms with Crippen LogP contribution in [0, 0.1) is 0 Å². The molecular formula is C11H17N3O3S. The van der Waals surface area contributed by atoms with Gasteiger partial charge in [-0.1, -0.05) is 0 Å². The maximum Gasteiger partial charge on any atom is 0.153 e. The maximum absolute atomic E-state index is 11.8. The first-order chi connectivity index (χ1) is 8.53. The predicted molar refractivity (Wildman–Crippen MR) is 65.9 cm³/mol. The Hall–Kier alpha value is -0.920. The van der Waals surface area contributed by atoms with Gasteiger partial charge < -0.3 is 10.1 Å². The van der Waals surface area contributed by atoms with E-state index in [1.54, 1.807) is 10.9 Å². The molecular weight excluding hydrogens is 254 g/mol. The largest absolute Gasteiger partial charge is 0.371 e. The average Bonchev–Trinajstić information content (AvgIpc) is 2.85. The molecule has 6 nitrogen and oxygen atoms in total. The third-order valence-electron chi connectivity index (χ3n) is 3.82. The number of rotatable bonds is 1. The van der Waals surface area contributed by atoms with Crippen molar-refractivity contribution >= 4 is 9.84 Å². The van der Waals surface area contributed by atoms with Gasteiger partial charge in [0.25, 0.3) is 0 Å². The number of nitrogens with one attached hydrogen (secondary N) is 1. The van der Waals surface area contributed by atoms with Crippen LogP contribution in [0.15, 0.2) is 12.3 Å². The quantitative estimate of drug-likeness (QED) is 0.755. The van der Waals surface area contributed by atoms with Crippen molar-refractivity contribution in [2.45, 2.75) is 18.1 Å². The summed E-state index contributed by atoms with van der Waals surface area (Å²) >= 11 is 0. The molecule has 3 heterocycles. The van der Waals surface area contributed by atoms with Crippen molar-refractivity contribution in [1.29, 1.82) is 0 Å². The van der Waals surface area contributed by atoms with Crippen molar-refractivity contribution in [3.8, 4) is 0 Å². The SMILES string of the molecule is Cn1nccc1C1NCCOC12CCS(=O)(=O)C2. The van der Waals surface area contributed by atoms with Crippen LogP contribution in [0.5, 0.6) is 0 Å². The van der Waals surface area contributed by atoms with E-state index in [0.29, 0.717) is 13.0 Å². The van der Waals surface area contributed by atoms with Crippen LogP contribution in [0.3, 0.4) is 0 Å². The molecule has 0 bridgehead atoms. The molecule has 0 radical (unpaired) electrons. The molecule has 100 valence electrons. The smallest absolute Gasteiger partial charge is 0.153 e. The molecule has 0 amide bonds. The van der Waals surface area contributed by atoms with Gasteiger partial charge in [-0.2, -0.15) is 5.10 Å². The summed E-state index contributed by atoms with van der Waals surface area (Å²) in [6.45, 7) is 1.29. The first-order valence-corrected chi connectivity index (χ1v) is 7.90. The molecule has 0 saturated carbocycles. The molecule has 0 aromatic carbocycles. The van der Waals surface area contributed by atoms with Gasteiger partial charge in [0.1, 0.15) is 5.60 Å². The fourth-order valence-electron chi connectivity index (χ4n) is 2.95. The van der Waals surface area contributed by atoms with E-state index in [0.717, 1.165) is 12.2 Å². The van der Waals surface area contributed by atoms with Crippen LogP contribution in [-0.4, -0.2) is 48.5 Å². The van der Waals surface area contributed by atoms with Gasteiger partial charge in [-0.15, -0.1) is 0 Å². The van der Waals surface area contributed by atoms with Crippen LogP contribution in [-0.2, 0) is 21.6 Å². The topological polar surface area (TPSA) is 73.2 Å². The van der Waals surface area contributed by atoms with Crippen LogP contribution >= 0.6 is 0 Å². The number of morpholine rings is 1. The molecule has 2 aliphatic rings. The van der Waals surface area contributed by atoms with Gasteiger partial charge in [0.15, 0.2) is 9.84 Å². The van der Waals surface area contributed by atoms with Gasteiger partial charge in [-0.05, 0) is 12.5 Å². The third kappa shape index (κ3) is 1.86. The van der Waals surface area contributed by atoms with Gasteiger partial charge in [0.2, 0.25) is 0 Å². The molecule has 2 fully saturated rings. The van der Waals surface area contributed by atoms with Gasteiger partial charge in [0, 0.05) is 19.8 Å². The second-order valence-corrected chi connectivity index (χ2v) is 7.21. The highest BCUT2D eigenvalue weighted by atomic mass is 32.2. The fourth-order valence-corrected chi connectivity index (χ4v) is 4.89. The van der Waals surface area contributed by atoms with E-state index in [1.807, 2.05) is 13.1 Å². The van der Waals surface area contributed by atoms with Crippen LogP contribution in [0.1, 0.15) is 18.2 Å². The fraction of sp³-hybridized carbons (Fsp3) is 0.727. The van der Waals surface area contributed by atoms with Crippen molar-refractivity contribution in [1.82, 2.24) is 15.1 Å². The number of sulfone groups is 1. The molecule has 1 spiro atoms. The number of aromatic nitrogens is 2. The van der Waals surface area contributed by atoms with Gasteiger partial charge in [0.05, 0.1) is 29.8 Å². The summed E-state index contributed by atoms with van der Waals surface area (Å²) in [5, 5.41) is 7.54. The molecule has 1 aromatic heterocycles. The molecule has 2 saturated heterocycles. The third-order valence-corrected chi connectivity index (χ3v) is 5.58. The molecule has 1 N–H and O–H groups in total. The van der Waals surface area contributed by atoms with Crippen LogP contribution in [0.4, 0.5) is 0 Å². The highest BCUT2D eigenvalue weighted by molar-refractivity contribution is 7.91. The molecule has 3 rings (SSSR count). The number of ether oxygens (including phenoxy) is 1. The van der Waals surface area contributed by atoms with Crippen molar-refractivity contribution in [3.63, 3.8) is 0 Å². The number of nitrogens with zero attached hydrogens (tertiary/aromatic N) is 2. The summed E-state index contributed by atoms with van der Waals surface area (Å²) in [7, 11) is -1.12. The summed E-state index contributed by atoms with van der Waals surface area (Å²) in [5.41, 5.74) is 0.358. The highest BCUT2D eigenvalue weighted by Gasteiger charge is 2.51. The van der Waals surface area contributed by atoms with Gasteiger partial charge in [-0.3, -0.25) is 4.68 Å². The minimum atomic E-state index is -2.99. The maximum atomic E-state index is 11.8. The Morgan fingerprint density at radius 2 is 2.44 bits per heavy atom. The number of hydrogen-bond acceptors (Lipinski definition) is 5. The summed E-state index contributed by atoms with van der Waals surface area (Å²) in [5.74, 6) is 0.311. The van der Waals surface area contributed by atoms with Crippen molar-refractivity contribution < 1.29 is 13.2 Å². The minimum Gasteiger partial charge on any atom is -0.371 e. The second-order valence-electron chi connectivity index (χ2n) is 5.02. The zero-order chi connectivity index (χ0) is 12.8. The van der Waals surface area contributed by atoms with E-state index < -0.39 is 15.4 Å². The van der Waals surface area contributed by atoms with Crippen molar-refractivity contribution in [3.05, 3.63) is 18.0 Å².